The number of nitrogens with zero attached hydrogens (tertiary/aromatic N) is 1. The number of carbonyl (C=O) groups is 1. The average molecular weight is 147 g/mol. The van der Waals surface area contributed by atoms with Gasteiger partial charge in [0, 0.05) is 14.1 Å². The van der Waals surface area contributed by atoms with Gasteiger partial charge < -0.3 is 4.90 Å². The van der Waals surface area contributed by atoms with Crippen molar-refractivity contribution in [1.29, 1.82) is 0 Å². The summed E-state index contributed by atoms with van der Waals surface area (Å²) in [6, 6.07) is 0. The van der Waals surface area contributed by atoms with Crippen molar-refractivity contribution in [3.63, 3.8) is 0 Å². The maximum absolute atomic E-state index is 13.1. The number of halogens is 1. The third-order valence-corrected chi connectivity index (χ3v) is 1.52. The molecule has 3 heteroatoms. The van der Waals surface area contributed by atoms with E-state index < -0.39 is 11.6 Å². The number of hydrogen-bond donors (Lipinski definition) is 0. The van der Waals surface area contributed by atoms with E-state index >= 15 is 0 Å². The molecule has 0 heterocycles. The summed E-state index contributed by atoms with van der Waals surface area (Å²) in [5, 5.41) is 0. The molecule has 0 aliphatic rings. The Morgan fingerprint density at radius 1 is 1.60 bits per heavy atom. The molecule has 1 atom stereocenters. The highest BCUT2D eigenvalue weighted by molar-refractivity contribution is 5.84. The largest absolute Gasteiger partial charge is 0.346 e. The minimum atomic E-state index is -1.69. The highest BCUT2D eigenvalue weighted by Crippen LogP contribution is 2.16. The van der Waals surface area contributed by atoms with Crippen molar-refractivity contribution in [3.05, 3.63) is 0 Å². The molecule has 0 radical (unpaired) electrons. The standard InChI is InChI=1S/C7H14FNO/c1-5-7(2,8)6(10)9(3)4/h5H2,1-4H3. The summed E-state index contributed by atoms with van der Waals surface area (Å²) < 4.78 is 13.1. The summed E-state index contributed by atoms with van der Waals surface area (Å²) in [4.78, 5) is 12.2. The van der Waals surface area contributed by atoms with Crippen LogP contribution in [0.25, 0.3) is 0 Å². The zero-order chi connectivity index (χ0) is 8.36. The lowest BCUT2D eigenvalue weighted by Crippen LogP contribution is -2.39. The van der Waals surface area contributed by atoms with E-state index in [1.807, 2.05) is 0 Å². The molecular weight excluding hydrogens is 133 g/mol. The SMILES string of the molecule is CCC(C)(F)C(=O)N(C)C. The molecule has 0 N–H and O–H groups in total. The fourth-order valence-corrected chi connectivity index (χ4v) is 0.617. The van der Waals surface area contributed by atoms with Crippen LogP contribution in [-0.4, -0.2) is 30.6 Å². The predicted molar refractivity (Wildman–Crippen MR) is 38.5 cm³/mol. The van der Waals surface area contributed by atoms with Gasteiger partial charge in [0.2, 0.25) is 0 Å². The fourth-order valence-electron chi connectivity index (χ4n) is 0.617. The van der Waals surface area contributed by atoms with Gasteiger partial charge in [-0.15, -0.1) is 0 Å². The summed E-state index contributed by atoms with van der Waals surface area (Å²) in [7, 11) is 3.10. The van der Waals surface area contributed by atoms with Crippen molar-refractivity contribution in [1.82, 2.24) is 4.90 Å². The molecule has 0 aromatic heterocycles. The number of carbonyl (C=O) groups excluding carboxylic acids is 1. The number of hydrogen-bond acceptors (Lipinski definition) is 1. The Morgan fingerprint density at radius 3 is 2.10 bits per heavy atom. The molecular formula is C7H14FNO. The second-order valence-electron chi connectivity index (χ2n) is 2.75. The lowest BCUT2D eigenvalue weighted by atomic mass is 10.1. The zero-order valence-corrected chi connectivity index (χ0v) is 6.94. The van der Waals surface area contributed by atoms with Crippen LogP contribution in [-0.2, 0) is 4.79 Å². The molecule has 0 saturated heterocycles. The Labute approximate surface area is 61.0 Å². The van der Waals surface area contributed by atoms with Crippen molar-refractivity contribution < 1.29 is 9.18 Å². The molecule has 2 nitrogen and oxygen atoms in total. The Bertz CT molecular complexity index is 132. The van der Waals surface area contributed by atoms with Crippen LogP contribution < -0.4 is 0 Å². The van der Waals surface area contributed by atoms with Crippen molar-refractivity contribution in [3.8, 4) is 0 Å². The van der Waals surface area contributed by atoms with Crippen molar-refractivity contribution >= 4 is 5.91 Å². The summed E-state index contributed by atoms with van der Waals surface area (Å²) in [5.41, 5.74) is -1.69. The second kappa shape index (κ2) is 2.99. The van der Waals surface area contributed by atoms with Crippen molar-refractivity contribution in [2.24, 2.45) is 0 Å². The number of alkyl halides is 1. The average Bonchev–Trinajstić information content (AvgIpc) is 1.86. The van der Waals surface area contributed by atoms with E-state index in [4.69, 9.17) is 0 Å². The van der Waals surface area contributed by atoms with Gasteiger partial charge in [-0.2, -0.15) is 0 Å². The molecule has 0 aliphatic carbocycles. The van der Waals surface area contributed by atoms with Gasteiger partial charge in [-0.3, -0.25) is 4.79 Å². The van der Waals surface area contributed by atoms with Gasteiger partial charge in [0.1, 0.15) is 0 Å². The fraction of sp³-hybridized carbons (Fsp3) is 0.857. The summed E-state index contributed by atoms with van der Waals surface area (Å²) >= 11 is 0. The quantitative estimate of drug-likeness (QED) is 0.575. The first-order valence-electron chi connectivity index (χ1n) is 3.32. The molecule has 0 aromatic rings. The van der Waals surface area contributed by atoms with Gasteiger partial charge in [-0.25, -0.2) is 4.39 Å². The molecule has 0 spiro atoms. The topological polar surface area (TPSA) is 20.3 Å². The van der Waals surface area contributed by atoms with Crippen LogP contribution in [0, 0.1) is 0 Å². The summed E-state index contributed by atoms with van der Waals surface area (Å²) in [6.45, 7) is 2.96. The smallest absolute Gasteiger partial charge is 0.259 e. The van der Waals surface area contributed by atoms with E-state index in [0.29, 0.717) is 0 Å². The first-order valence-corrected chi connectivity index (χ1v) is 3.32. The van der Waals surface area contributed by atoms with Crippen LogP contribution in [0.2, 0.25) is 0 Å². The van der Waals surface area contributed by atoms with Crippen LogP contribution in [0.4, 0.5) is 4.39 Å². The minimum absolute atomic E-state index is 0.226. The van der Waals surface area contributed by atoms with E-state index in [9.17, 15) is 9.18 Å². The molecule has 0 aliphatic heterocycles. The van der Waals surface area contributed by atoms with Crippen molar-refractivity contribution in [2.45, 2.75) is 25.9 Å². The highest BCUT2D eigenvalue weighted by atomic mass is 19.1. The first-order chi connectivity index (χ1) is 4.41. The molecule has 0 saturated carbocycles. The van der Waals surface area contributed by atoms with E-state index in [2.05, 4.69) is 0 Å². The third kappa shape index (κ3) is 1.97. The summed E-state index contributed by atoms with van der Waals surface area (Å²) in [5.74, 6) is -0.463. The normalized spacial score (nSPS) is 16.1. The lowest BCUT2D eigenvalue weighted by molar-refractivity contribution is -0.140. The van der Waals surface area contributed by atoms with E-state index in [1.54, 1.807) is 21.0 Å². The van der Waals surface area contributed by atoms with Gasteiger partial charge in [0.05, 0.1) is 0 Å². The predicted octanol–water partition coefficient (Wildman–Crippen LogP) is 1.21. The van der Waals surface area contributed by atoms with Gasteiger partial charge >= 0.3 is 0 Å². The molecule has 0 rings (SSSR count). The maximum atomic E-state index is 13.1. The van der Waals surface area contributed by atoms with Gasteiger partial charge in [0.15, 0.2) is 5.67 Å². The number of rotatable bonds is 2. The molecule has 0 fully saturated rings. The van der Waals surface area contributed by atoms with Gasteiger partial charge in [0.25, 0.3) is 5.91 Å². The Kier molecular flexibility index (Phi) is 2.81. The van der Waals surface area contributed by atoms with Crippen molar-refractivity contribution in [2.75, 3.05) is 14.1 Å². The molecule has 1 unspecified atom stereocenters. The monoisotopic (exact) mass is 147 g/mol. The van der Waals surface area contributed by atoms with E-state index in [-0.39, 0.29) is 6.42 Å². The number of amides is 1. The maximum Gasteiger partial charge on any atom is 0.259 e. The van der Waals surface area contributed by atoms with Crippen LogP contribution in [0.1, 0.15) is 20.3 Å². The second-order valence-corrected chi connectivity index (χ2v) is 2.75. The molecule has 10 heavy (non-hydrogen) atoms. The Morgan fingerprint density at radius 2 is 2.00 bits per heavy atom. The van der Waals surface area contributed by atoms with Gasteiger partial charge in [-0.05, 0) is 13.3 Å². The Hall–Kier alpha value is -0.600. The van der Waals surface area contributed by atoms with Gasteiger partial charge in [-0.1, -0.05) is 6.92 Å². The Balaban J connectivity index is 4.19. The first kappa shape index (κ1) is 9.40. The molecule has 60 valence electrons. The third-order valence-electron chi connectivity index (χ3n) is 1.52. The summed E-state index contributed by atoms with van der Waals surface area (Å²) in [6.07, 6.45) is 0.226. The molecule has 1 amide bonds. The van der Waals surface area contributed by atoms with Crippen LogP contribution in [0.15, 0.2) is 0 Å². The zero-order valence-electron chi connectivity index (χ0n) is 6.94. The van der Waals surface area contributed by atoms with E-state index in [0.717, 1.165) is 0 Å². The molecule has 0 bridgehead atoms. The van der Waals surface area contributed by atoms with Crippen LogP contribution in [0.5, 0.6) is 0 Å². The molecule has 0 aromatic carbocycles. The highest BCUT2D eigenvalue weighted by Gasteiger charge is 2.31. The van der Waals surface area contributed by atoms with Crippen LogP contribution >= 0.6 is 0 Å². The minimum Gasteiger partial charge on any atom is -0.346 e. The lowest BCUT2D eigenvalue weighted by Gasteiger charge is -2.21. The van der Waals surface area contributed by atoms with E-state index in [1.165, 1.54) is 11.8 Å². The van der Waals surface area contributed by atoms with Crippen LogP contribution in [0.3, 0.4) is 0 Å².